The zero-order chi connectivity index (χ0) is 13.0. The van der Waals surface area contributed by atoms with E-state index in [2.05, 4.69) is 4.90 Å². The van der Waals surface area contributed by atoms with Gasteiger partial charge in [-0.2, -0.15) is 0 Å². The largest absolute Gasteiger partial charge is 0.372 e. The molecule has 0 aromatic rings. The van der Waals surface area contributed by atoms with Crippen LogP contribution in [0.4, 0.5) is 0 Å². The number of carbonyl (C=O) groups is 1. The first-order valence-electron chi connectivity index (χ1n) is 6.89. The molecule has 0 saturated carbocycles. The lowest BCUT2D eigenvalue weighted by atomic mass is 10.1. The van der Waals surface area contributed by atoms with Gasteiger partial charge in [0.15, 0.2) is 0 Å². The van der Waals surface area contributed by atoms with Gasteiger partial charge in [0, 0.05) is 25.7 Å². The van der Waals surface area contributed by atoms with Crippen LogP contribution >= 0.6 is 0 Å². The maximum absolute atomic E-state index is 12.0. The molecule has 2 fully saturated rings. The third-order valence-corrected chi connectivity index (χ3v) is 3.56. The van der Waals surface area contributed by atoms with Crippen LogP contribution in [0.25, 0.3) is 0 Å². The smallest absolute Gasteiger partial charge is 0.246 e. The van der Waals surface area contributed by atoms with Gasteiger partial charge in [-0.25, -0.2) is 0 Å². The molecule has 0 aromatic carbocycles. The summed E-state index contributed by atoms with van der Waals surface area (Å²) in [6.45, 7) is 9.32. The van der Waals surface area contributed by atoms with Crippen LogP contribution < -0.4 is 0 Å². The standard InChI is InChI=1S/C14H24N2O2/c1-14(2)12-16(10-11-18-14)13(17)6-5-9-15-7-3-4-8-15/h5-6H,3-4,7-12H2,1-2H3/b6-5+. The summed E-state index contributed by atoms with van der Waals surface area (Å²) in [7, 11) is 0. The Morgan fingerprint density at radius 3 is 2.67 bits per heavy atom. The van der Waals surface area contributed by atoms with E-state index in [9.17, 15) is 4.79 Å². The topological polar surface area (TPSA) is 32.8 Å². The van der Waals surface area contributed by atoms with Gasteiger partial charge in [0.25, 0.3) is 0 Å². The van der Waals surface area contributed by atoms with E-state index in [0.29, 0.717) is 19.7 Å². The third-order valence-electron chi connectivity index (χ3n) is 3.56. The lowest BCUT2D eigenvalue weighted by Crippen LogP contribution is -2.50. The molecule has 0 unspecified atom stereocenters. The molecular weight excluding hydrogens is 228 g/mol. The second-order valence-electron chi connectivity index (χ2n) is 5.78. The summed E-state index contributed by atoms with van der Waals surface area (Å²) in [4.78, 5) is 16.3. The van der Waals surface area contributed by atoms with Crippen molar-refractivity contribution in [3.05, 3.63) is 12.2 Å². The summed E-state index contributed by atoms with van der Waals surface area (Å²) in [6, 6.07) is 0. The second-order valence-corrected chi connectivity index (χ2v) is 5.78. The molecule has 2 heterocycles. The van der Waals surface area contributed by atoms with Crippen molar-refractivity contribution < 1.29 is 9.53 Å². The van der Waals surface area contributed by atoms with Gasteiger partial charge in [-0.1, -0.05) is 6.08 Å². The molecule has 0 bridgehead atoms. The molecule has 2 aliphatic rings. The van der Waals surface area contributed by atoms with Crippen molar-refractivity contribution in [2.75, 3.05) is 39.3 Å². The van der Waals surface area contributed by atoms with Crippen molar-refractivity contribution in [2.24, 2.45) is 0 Å². The molecule has 2 saturated heterocycles. The molecule has 2 rings (SSSR count). The van der Waals surface area contributed by atoms with Gasteiger partial charge in [0.2, 0.25) is 5.91 Å². The minimum atomic E-state index is -0.212. The van der Waals surface area contributed by atoms with Crippen molar-refractivity contribution in [3.8, 4) is 0 Å². The first-order chi connectivity index (χ1) is 8.57. The maximum Gasteiger partial charge on any atom is 0.246 e. The summed E-state index contributed by atoms with van der Waals surface area (Å²) in [6.07, 6.45) is 6.30. The Balaban J connectivity index is 1.78. The Bertz CT molecular complexity index is 320. The molecule has 0 aliphatic carbocycles. The van der Waals surface area contributed by atoms with Crippen LogP contribution in [0.3, 0.4) is 0 Å². The van der Waals surface area contributed by atoms with Gasteiger partial charge in [0.1, 0.15) is 0 Å². The van der Waals surface area contributed by atoms with E-state index in [1.54, 1.807) is 6.08 Å². The number of amides is 1. The minimum Gasteiger partial charge on any atom is -0.372 e. The monoisotopic (exact) mass is 252 g/mol. The van der Waals surface area contributed by atoms with E-state index in [1.165, 1.54) is 25.9 Å². The zero-order valence-electron chi connectivity index (χ0n) is 11.5. The SMILES string of the molecule is CC1(C)CN(C(=O)/C=C/CN2CCCC2)CCO1. The summed E-state index contributed by atoms with van der Waals surface area (Å²) < 4.78 is 5.61. The number of hydrogen-bond acceptors (Lipinski definition) is 3. The maximum atomic E-state index is 12.0. The number of ether oxygens (including phenoxy) is 1. The van der Waals surface area contributed by atoms with Crippen molar-refractivity contribution in [3.63, 3.8) is 0 Å². The number of carbonyl (C=O) groups excluding carboxylic acids is 1. The van der Waals surface area contributed by atoms with Crippen LogP contribution in [0, 0.1) is 0 Å². The summed E-state index contributed by atoms with van der Waals surface area (Å²) in [5, 5.41) is 0. The Kier molecular flexibility index (Phi) is 4.40. The van der Waals surface area contributed by atoms with Crippen LogP contribution in [-0.2, 0) is 9.53 Å². The molecule has 0 radical (unpaired) electrons. The summed E-state index contributed by atoms with van der Waals surface area (Å²) in [5.41, 5.74) is -0.212. The van der Waals surface area contributed by atoms with Crippen LogP contribution in [0.1, 0.15) is 26.7 Å². The molecule has 4 heteroatoms. The highest BCUT2D eigenvalue weighted by molar-refractivity contribution is 5.87. The van der Waals surface area contributed by atoms with E-state index in [-0.39, 0.29) is 11.5 Å². The van der Waals surface area contributed by atoms with Crippen molar-refractivity contribution >= 4 is 5.91 Å². The van der Waals surface area contributed by atoms with Gasteiger partial charge in [-0.05, 0) is 39.8 Å². The number of likely N-dealkylation sites (tertiary alicyclic amines) is 1. The van der Waals surface area contributed by atoms with E-state index in [1.807, 2.05) is 24.8 Å². The number of hydrogen-bond donors (Lipinski definition) is 0. The summed E-state index contributed by atoms with van der Waals surface area (Å²) >= 11 is 0. The lowest BCUT2D eigenvalue weighted by molar-refractivity contribution is -0.140. The average Bonchev–Trinajstić information content (AvgIpc) is 2.80. The van der Waals surface area contributed by atoms with Gasteiger partial charge >= 0.3 is 0 Å². The van der Waals surface area contributed by atoms with E-state index < -0.39 is 0 Å². The fourth-order valence-electron chi connectivity index (χ4n) is 2.58. The van der Waals surface area contributed by atoms with Crippen molar-refractivity contribution in [1.29, 1.82) is 0 Å². The number of morpholine rings is 1. The van der Waals surface area contributed by atoms with Gasteiger partial charge in [-0.3, -0.25) is 9.69 Å². The first kappa shape index (κ1) is 13.6. The molecule has 0 spiro atoms. The van der Waals surface area contributed by atoms with Gasteiger partial charge in [0.05, 0.1) is 12.2 Å². The average molecular weight is 252 g/mol. The van der Waals surface area contributed by atoms with Gasteiger partial charge in [-0.15, -0.1) is 0 Å². The molecule has 4 nitrogen and oxygen atoms in total. The Morgan fingerprint density at radius 2 is 2.00 bits per heavy atom. The Morgan fingerprint density at radius 1 is 1.28 bits per heavy atom. The molecule has 2 aliphatic heterocycles. The fourth-order valence-corrected chi connectivity index (χ4v) is 2.58. The highest BCUT2D eigenvalue weighted by atomic mass is 16.5. The minimum absolute atomic E-state index is 0.116. The second kappa shape index (κ2) is 5.85. The Labute approximate surface area is 110 Å². The predicted molar refractivity (Wildman–Crippen MR) is 71.4 cm³/mol. The van der Waals surface area contributed by atoms with Crippen LogP contribution in [-0.4, -0.2) is 60.6 Å². The van der Waals surface area contributed by atoms with Crippen LogP contribution in [0.15, 0.2) is 12.2 Å². The number of rotatable bonds is 3. The summed E-state index contributed by atoms with van der Waals surface area (Å²) in [5.74, 6) is 0.116. The highest BCUT2D eigenvalue weighted by Gasteiger charge is 2.28. The van der Waals surface area contributed by atoms with E-state index >= 15 is 0 Å². The highest BCUT2D eigenvalue weighted by Crippen LogP contribution is 2.16. The fraction of sp³-hybridized carbons (Fsp3) is 0.786. The van der Waals surface area contributed by atoms with E-state index in [0.717, 1.165) is 6.54 Å². The normalized spacial score (nSPS) is 24.9. The molecule has 18 heavy (non-hydrogen) atoms. The number of nitrogens with zero attached hydrogens (tertiary/aromatic N) is 2. The van der Waals surface area contributed by atoms with E-state index in [4.69, 9.17) is 4.74 Å². The van der Waals surface area contributed by atoms with Crippen LogP contribution in [0.2, 0.25) is 0 Å². The third kappa shape index (κ3) is 3.82. The molecule has 0 atom stereocenters. The van der Waals surface area contributed by atoms with Gasteiger partial charge < -0.3 is 9.64 Å². The Hall–Kier alpha value is -0.870. The quantitative estimate of drug-likeness (QED) is 0.709. The zero-order valence-corrected chi connectivity index (χ0v) is 11.5. The first-order valence-corrected chi connectivity index (χ1v) is 6.89. The molecule has 0 aromatic heterocycles. The van der Waals surface area contributed by atoms with Crippen molar-refractivity contribution in [1.82, 2.24) is 9.80 Å². The van der Waals surface area contributed by atoms with Crippen LogP contribution in [0.5, 0.6) is 0 Å². The molecule has 0 N–H and O–H groups in total. The lowest BCUT2D eigenvalue weighted by Gasteiger charge is -2.37. The molecule has 102 valence electrons. The molecule has 1 amide bonds. The van der Waals surface area contributed by atoms with Crippen molar-refractivity contribution in [2.45, 2.75) is 32.3 Å². The molecular formula is C14H24N2O2. The predicted octanol–water partition coefficient (Wildman–Crippen LogP) is 1.28.